The van der Waals surface area contributed by atoms with Crippen molar-refractivity contribution in [2.24, 2.45) is 11.1 Å². The Kier molecular flexibility index (Phi) is 4.37. The molecule has 1 aromatic rings. The van der Waals surface area contributed by atoms with Crippen LogP contribution in [0.1, 0.15) is 61.3 Å². The second-order valence-electron chi connectivity index (χ2n) is 7.17. The van der Waals surface area contributed by atoms with Crippen LogP contribution in [0.25, 0.3) is 0 Å². The fourth-order valence-corrected chi connectivity index (χ4v) is 4.65. The molecule has 0 spiro atoms. The standard InChI is InChI=1S/C16H27N3OS/c1-4-5-19-6-7-20-13(10-19)15-18-12-9-16(2,3)8-11(17)14(12)21-15/h11,13H,4-10,17H2,1-3H3. The van der Waals surface area contributed by atoms with Crippen LogP contribution in [0.15, 0.2) is 0 Å². The molecule has 1 aromatic heterocycles. The fraction of sp³-hybridized carbons (Fsp3) is 0.812. The molecule has 1 saturated heterocycles. The maximum absolute atomic E-state index is 6.36. The highest BCUT2D eigenvalue weighted by atomic mass is 32.1. The third-order valence-electron chi connectivity index (χ3n) is 4.47. The summed E-state index contributed by atoms with van der Waals surface area (Å²) < 4.78 is 5.97. The third kappa shape index (κ3) is 3.31. The van der Waals surface area contributed by atoms with Gasteiger partial charge in [0.15, 0.2) is 0 Å². The van der Waals surface area contributed by atoms with E-state index >= 15 is 0 Å². The van der Waals surface area contributed by atoms with Gasteiger partial charge in [-0.05, 0) is 31.2 Å². The molecule has 1 aliphatic heterocycles. The van der Waals surface area contributed by atoms with Crippen LogP contribution in [-0.2, 0) is 11.2 Å². The van der Waals surface area contributed by atoms with Crippen molar-refractivity contribution >= 4 is 11.3 Å². The first-order valence-corrected chi connectivity index (χ1v) is 8.89. The number of fused-ring (bicyclic) bond motifs is 1. The summed E-state index contributed by atoms with van der Waals surface area (Å²) in [6.45, 7) is 10.8. The summed E-state index contributed by atoms with van der Waals surface area (Å²) in [4.78, 5) is 8.68. The number of aromatic nitrogens is 1. The molecule has 0 radical (unpaired) electrons. The van der Waals surface area contributed by atoms with Crippen LogP contribution in [0.2, 0.25) is 0 Å². The van der Waals surface area contributed by atoms with Gasteiger partial charge in [-0.25, -0.2) is 4.98 Å². The van der Waals surface area contributed by atoms with Gasteiger partial charge in [-0.15, -0.1) is 11.3 Å². The number of ether oxygens (including phenoxy) is 1. The zero-order chi connectivity index (χ0) is 15.0. The lowest BCUT2D eigenvalue weighted by Crippen LogP contribution is -2.38. The van der Waals surface area contributed by atoms with Gasteiger partial charge in [-0.1, -0.05) is 20.8 Å². The van der Waals surface area contributed by atoms with Gasteiger partial charge in [0.2, 0.25) is 0 Å². The maximum Gasteiger partial charge on any atom is 0.123 e. The summed E-state index contributed by atoms with van der Waals surface area (Å²) in [6.07, 6.45) is 3.42. The highest BCUT2D eigenvalue weighted by molar-refractivity contribution is 7.11. The van der Waals surface area contributed by atoms with Crippen LogP contribution in [-0.4, -0.2) is 36.1 Å². The number of thiazole rings is 1. The topological polar surface area (TPSA) is 51.4 Å². The van der Waals surface area contributed by atoms with Crippen molar-refractivity contribution in [1.29, 1.82) is 0 Å². The molecule has 1 fully saturated rings. The van der Waals surface area contributed by atoms with Gasteiger partial charge in [-0.2, -0.15) is 0 Å². The van der Waals surface area contributed by atoms with Crippen LogP contribution in [0.4, 0.5) is 0 Å². The molecule has 2 aliphatic rings. The molecule has 5 heteroatoms. The highest BCUT2D eigenvalue weighted by Gasteiger charge is 2.35. The van der Waals surface area contributed by atoms with Gasteiger partial charge >= 0.3 is 0 Å². The first-order valence-electron chi connectivity index (χ1n) is 8.07. The van der Waals surface area contributed by atoms with E-state index in [1.165, 1.54) is 17.0 Å². The second kappa shape index (κ2) is 5.95. The molecule has 0 saturated carbocycles. The minimum atomic E-state index is 0.135. The quantitative estimate of drug-likeness (QED) is 0.933. The molecule has 4 nitrogen and oxygen atoms in total. The van der Waals surface area contributed by atoms with E-state index in [0.717, 1.165) is 44.1 Å². The normalized spacial score (nSPS) is 29.3. The van der Waals surface area contributed by atoms with Crippen molar-refractivity contribution in [2.75, 3.05) is 26.2 Å². The largest absolute Gasteiger partial charge is 0.368 e. The van der Waals surface area contributed by atoms with E-state index in [9.17, 15) is 0 Å². The predicted molar refractivity (Wildman–Crippen MR) is 86.6 cm³/mol. The van der Waals surface area contributed by atoms with Crippen LogP contribution in [0.3, 0.4) is 0 Å². The van der Waals surface area contributed by atoms with Gasteiger partial charge in [0.1, 0.15) is 11.1 Å². The monoisotopic (exact) mass is 309 g/mol. The smallest absolute Gasteiger partial charge is 0.123 e. The van der Waals surface area contributed by atoms with E-state index in [-0.39, 0.29) is 17.6 Å². The predicted octanol–water partition coefficient (Wildman–Crippen LogP) is 2.90. The minimum Gasteiger partial charge on any atom is -0.368 e. The Bertz CT molecular complexity index is 498. The minimum absolute atomic E-state index is 0.135. The van der Waals surface area contributed by atoms with E-state index in [0.29, 0.717) is 0 Å². The fourth-order valence-electron chi connectivity index (χ4n) is 3.52. The van der Waals surface area contributed by atoms with Crippen LogP contribution in [0, 0.1) is 5.41 Å². The van der Waals surface area contributed by atoms with Crippen molar-refractivity contribution in [3.05, 3.63) is 15.6 Å². The Hall–Kier alpha value is -0.490. The first kappa shape index (κ1) is 15.4. The molecule has 2 N–H and O–H groups in total. The Morgan fingerprint density at radius 2 is 2.29 bits per heavy atom. The van der Waals surface area contributed by atoms with Gasteiger partial charge in [0.25, 0.3) is 0 Å². The molecule has 2 atom stereocenters. The van der Waals surface area contributed by atoms with E-state index in [1.807, 2.05) is 0 Å². The molecule has 21 heavy (non-hydrogen) atoms. The summed E-state index contributed by atoms with van der Waals surface area (Å²) in [5, 5.41) is 1.13. The molecule has 1 aliphatic carbocycles. The Morgan fingerprint density at radius 3 is 3.05 bits per heavy atom. The SMILES string of the molecule is CCCN1CCOC(c2nc3c(s2)C(N)CC(C)(C)C3)C1. The number of nitrogens with zero attached hydrogens (tertiary/aromatic N) is 2. The van der Waals surface area contributed by atoms with Crippen molar-refractivity contribution < 1.29 is 4.74 Å². The molecular formula is C16H27N3OS. The molecule has 0 bridgehead atoms. The van der Waals surface area contributed by atoms with Crippen molar-refractivity contribution in [3.8, 4) is 0 Å². The van der Waals surface area contributed by atoms with Crippen LogP contribution in [0.5, 0.6) is 0 Å². The molecule has 2 unspecified atom stereocenters. The number of hydrogen-bond donors (Lipinski definition) is 1. The molecule has 3 rings (SSSR count). The Balaban J connectivity index is 1.78. The van der Waals surface area contributed by atoms with E-state index in [4.69, 9.17) is 15.5 Å². The van der Waals surface area contributed by atoms with E-state index in [2.05, 4.69) is 25.7 Å². The van der Waals surface area contributed by atoms with E-state index in [1.54, 1.807) is 11.3 Å². The molecule has 0 aromatic carbocycles. The molecule has 0 amide bonds. The van der Waals surface area contributed by atoms with Gasteiger partial charge in [0.05, 0.1) is 12.3 Å². The Morgan fingerprint density at radius 1 is 1.48 bits per heavy atom. The highest BCUT2D eigenvalue weighted by Crippen LogP contribution is 2.43. The van der Waals surface area contributed by atoms with Gasteiger partial charge in [0, 0.05) is 24.0 Å². The maximum atomic E-state index is 6.36. The van der Waals surface area contributed by atoms with Crippen LogP contribution < -0.4 is 5.73 Å². The third-order valence-corrected chi connectivity index (χ3v) is 5.79. The van der Waals surface area contributed by atoms with Crippen LogP contribution >= 0.6 is 11.3 Å². The van der Waals surface area contributed by atoms with Crippen molar-refractivity contribution in [3.63, 3.8) is 0 Å². The molecular weight excluding hydrogens is 282 g/mol. The number of hydrogen-bond acceptors (Lipinski definition) is 5. The van der Waals surface area contributed by atoms with Gasteiger partial charge in [-0.3, -0.25) is 4.90 Å². The van der Waals surface area contributed by atoms with E-state index < -0.39 is 0 Å². The average Bonchev–Trinajstić information content (AvgIpc) is 2.82. The number of morpholine rings is 1. The zero-order valence-electron chi connectivity index (χ0n) is 13.4. The summed E-state index contributed by atoms with van der Waals surface area (Å²) in [5.41, 5.74) is 7.84. The lowest BCUT2D eigenvalue weighted by Gasteiger charge is -2.32. The summed E-state index contributed by atoms with van der Waals surface area (Å²) in [7, 11) is 0. The second-order valence-corrected chi connectivity index (χ2v) is 8.24. The molecule has 2 heterocycles. The first-order chi connectivity index (χ1) is 9.98. The number of nitrogens with two attached hydrogens (primary N) is 1. The summed E-state index contributed by atoms with van der Waals surface area (Å²) in [5.74, 6) is 0. The van der Waals surface area contributed by atoms with Crippen molar-refractivity contribution in [2.45, 2.75) is 52.2 Å². The average molecular weight is 309 g/mol. The lowest BCUT2D eigenvalue weighted by atomic mass is 9.77. The summed E-state index contributed by atoms with van der Waals surface area (Å²) in [6, 6.07) is 0.144. The lowest BCUT2D eigenvalue weighted by molar-refractivity contribution is -0.0300. The zero-order valence-corrected chi connectivity index (χ0v) is 14.2. The Labute approximate surface area is 131 Å². The molecule has 118 valence electrons. The number of rotatable bonds is 3. The van der Waals surface area contributed by atoms with Gasteiger partial charge < -0.3 is 10.5 Å². The summed E-state index contributed by atoms with van der Waals surface area (Å²) >= 11 is 1.78. The van der Waals surface area contributed by atoms with Crippen molar-refractivity contribution in [1.82, 2.24) is 9.88 Å².